The molecule has 0 heterocycles. The maximum Gasteiger partial charge on any atom is 0.314 e. The van der Waals surface area contributed by atoms with Crippen molar-refractivity contribution in [2.24, 2.45) is 0 Å². The summed E-state index contributed by atoms with van der Waals surface area (Å²) in [7, 11) is 0. The number of aliphatic carboxylic acids is 1. The van der Waals surface area contributed by atoms with Gasteiger partial charge < -0.3 is 9.84 Å². The Kier molecular flexibility index (Phi) is 3.90. The van der Waals surface area contributed by atoms with Crippen LogP contribution in [0.25, 0.3) is 0 Å². The summed E-state index contributed by atoms with van der Waals surface area (Å²) < 4.78 is 5.39. The fourth-order valence-corrected chi connectivity index (χ4v) is 2.82. The predicted octanol–water partition coefficient (Wildman–Crippen LogP) is 3.37. The van der Waals surface area contributed by atoms with Crippen molar-refractivity contribution < 1.29 is 14.6 Å². The molecule has 1 N–H and O–H groups in total. The Morgan fingerprint density at radius 3 is 2.33 bits per heavy atom. The third-order valence-electron chi connectivity index (χ3n) is 3.83. The molecule has 1 fully saturated rings. The van der Waals surface area contributed by atoms with Crippen molar-refractivity contribution >= 4 is 5.97 Å². The summed E-state index contributed by atoms with van der Waals surface area (Å²) in [5, 5.41) is 9.58. The zero-order chi connectivity index (χ0) is 13.0. The van der Waals surface area contributed by atoms with E-state index in [1.165, 1.54) is 0 Å². The fourth-order valence-electron chi connectivity index (χ4n) is 2.82. The van der Waals surface area contributed by atoms with Gasteiger partial charge in [-0.3, -0.25) is 4.79 Å². The van der Waals surface area contributed by atoms with Crippen LogP contribution >= 0.6 is 0 Å². The average molecular weight is 248 g/mol. The molecule has 0 aromatic heterocycles. The van der Waals surface area contributed by atoms with Gasteiger partial charge in [-0.2, -0.15) is 0 Å². The summed E-state index contributed by atoms with van der Waals surface area (Å²) in [5.74, 6) is 0.115. The van der Waals surface area contributed by atoms with Crippen LogP contribution in [0.3, 0.4) is 0 Å². The largest absolute Gasteiger partial charge is 0.494 e. The second kappa shape index (κ2) is 5.42. The first-order valence-corrected chi connectivity index (χ1v) is 6.66. The maximum absolute atomic E-state index is 11.7. The zero-order valence-corrected chi connectivity index (χ0v) is 10.8. The minimum Gasteiger partial charge on any atom is -0.494 e. The molecule has 3 heteroatoms. The zero-order valence-electron chi connectivity index (χ0n) is 10.8. The number of ether oxygens (including phenoxy) is 1. The van der Waals surface area contributed by atoms with Gasteiger partial charge in [0.15, 0.2) is 0 Å². The van der Waals surface area contributed by atoms with E-state index in [0.717, 1.165) is 43.4 Å². The fraction of sp³-hybridized carbons (Fsp3) is 0.533. The second-order valence-corrected chi connectivity index (χ2v) is 4.91. The Morgan fingerprint density at radius 2 is 1.83 bits per heavy atom. The first-order chi connectivity index (χ1) is 8.69. The Hall–Kier alpha value is -1.51. The molecular weight excluding hydrogens is 228 g/mol. The van der Waals surface area contributed by atoms with Gasteiger partial charge in [0.1, 0.15) is 5.75 Å². The summed E-state index contributed by atoms with van der Waals surface area (Å²) in [6.07, 6.45) is 4.64. The lowest BCUT2D eigenvalue weighted by molar-refractivity contribution is -0.145. The summed E-state index contributed by atoms with van der Waals surface area (Å²) in [5.41, 5.74) is 0.237. The van der Waals surface area contributed by atoms with Crippen molar-refractivity contribution in [3.63, 3.8) is 0 Å². The van der Waals surface area contributed by atoms with Crippen LogP contribution in [0.4, 0.5) is 0 Å². The molecule has 0 unspecified atom stereocenters. The molecule has 1 aromatic carbocycles. The SMILES string of the molecule is CCOc1ccc(C2(C(=O)O)CCCCC2)cc1. The predicted molar refractivity (Wildman–Crippen MR) is 70.0 cm³/mol. The van der Waals surface area contributed by atoms with E-state index in [2.05, 4.69) is 0 Å². The quantitative estimate of drug-likeness (QED) is 0.888. The lowest BCUT2D eigenvalue weighted by atomic mass is 9.69. The highest BCUT2D eigenvalue weighted by atomic mass is 16.5. The highest BCUT2D eigenvalue weighted by molar-refractivity contribution is 5.81. The molecule has 1 aliphatic carbocycles. The molecule has 0 radical (unpaired) electrons. The average Bonchev–Trinajstić information content (AvgIpc) is 2.40. The van der Waals surface area contributed by atoms with Crippen LogP contribution in [0.1, 0.15) is 44.6 Å². The minimum absolute atomic E-state index is 0.628. The number of carbonyl (C=O) groups is 1. The van der Waals surface area contributed by atoms with E-state index in [0.29, 0.717) is 6.61 Å². The second-order valence-electron chi connectivity index (χ2n) is 4.91. The molecular formula is C15H20O3. The number of benzene rings is 1. The molecule has 18 heavy (non-hydrogen) atoms. The molecule has 0 aliphatic heterocycles. The van der Waals surface area contributed by atoms with Crippen LogP contribution in [0.15, 0.2) is 24.3 Å². The first kappa shape index (κ1) is 12.9. The molecule has 0 saturated heterocycles. The van der Waals surface area contributed by atoms with E-state index in [9.17, 15) is 9.90 Å². The van der Waals surface area contributed by atoms with Gasteiger partial charge in [-0.1, -0.05) is 31.4 Å². The number of rotatable bonds is 4. The van der Waals surface area contributed by atoms with E-state index in [4.69, 9.17) is 4.74 Å². The van der Waals surface area contributed by atoms with Gasteiger partial charge in [0.25, 0.3) is 0 Å². The number of carboxylic acids is 1. The van der Waals surface area contributed by atoms with Crippen molar-refractivity contribution in [2.45, 2.75) is 44.4 Å². The van der Waals surface area contributed by atoms with Gasteiger partial charge in [0.05, 0.1) is 12.0 Å². The smallest absolute Gasteiger partial charge is 0.314 e. The maximum atomic E-state index is 11.7. The minimum atomic E-state index is -0.689. The van der Waals surface area contributed by atoms with Crippen molar-refractivity contribution in [2.75, 3.05) is 6.61 Å². The van der Waals surface area contributed by atoms with E-state index < -0.39 is 11.4 Å². The molecule has 3 nitrogen and oxygen atoms in total. The van der Waals surface area contributed by atoms with Crippen molar-refractivity contribution in [1.29, 1.82) is 0 Å². The number of carboxylic acid groups (broad SMARTS) is 1. The molecule has 0 amide bonds. The third-order valence-corrected chi connectivity index (χ3v) is 3.83. The Balaban J connectivity index is 2.28. The van der Waals surface area contributed by atoms with Crippen molar-refractivity contribution in [3.8, 4) is 5.75 Å². The normalized spacial score (nSPS) is 18.3. The number of hydrogen-bond acceptors (Lipinski definition) is 2. The van der Waals surface area contributed by atoms with Crippen LogP contribution < -0.4 is 4.74 Å². The molecule has 0 spiro atoms. The molecule has 0 bridgehead atoms. The van der Waals surface area contributed by atoms with Crippen LogP contribution in [-0.2, 0) is 10.2 Å². The molecule has 1 saturated carbocycles. The van der Waals surface area contributed by atoms with Gasteiger partial charge >= 0.3 is 5.97 Å². The summed E-state index contributed by atoms with van der Waals surface area (Å²) in [4.78, 5) is 11.7. The van der Waals surface area contributed by atoms with Crippen molar-refractivity contribution in [3.05, 3.63) is 29.8 Å². The van der Waals surface area contributed by atoms with Gasteiger partial charge in [-0.15, -0.1) is 0 Å². The summed E-state index contributed by atoms with van der Waals surface area (Å²) in [6, 6.07) is 7.56. The van der Waals surface area contributed by atoms with Gasteiger partial charge in [0, 0.05) is 0 Å². The Morgan fingerprint density at radius 1 is 1.22 bits per heavy atom. The number of hydrogen-bond donors (Lipinski definition) is 1. The molecule has 0 atom stereocenters. The van der Waals surface area contributed by atoms with E-state index in [1.54, 1.807) is 0 Å². The third kappa shape index (κ3) is 2.35. The van der Waals surface area contributed by atoms with Crippen molar-refractivity contribution in [1.82, 2.24) is 0 Å². The van der Waals surface area contributed by atoms with Gasteiger partial charge in [0.2, 0.25) is 0 Å². The van der Waals surface area contributed by atoms with Gasteiger partial charge in [-0.25, -0.2) is 0 Å². The van der Waals surface area contributed by atoms with E-state index in [-0.39, 0.29) is 0 Å². The molecule has 98 valence electrons. The summed E-state index contributed by atoms with van der Waals surface area (Å²) in [6.45, 7) is 2.57. The lowest BCUT2D eigenvalue weighted by Gasteiger charge is -2.33. The van der Waals surface area contributed by atoms with Crippen LogP contribution in [0, 0.1) is 0 Å². The van der Waals surface area contributed by atoms with E-state index >= 15 is 0 Å². The van der Waals surface area contributed by atoms with E-state index in [1.807, 2.05) is 31.2 Å². The van der Waals surface area contributed by atoms with Crippen LogP contribution in [0.5, 0.6) is 5.75 Å². The van der Waals surface area contributed by atoms with Gasteiger partial charge in [-0.05, 0) is 37.5 Å². The molecule has 2 rings (SSSR count). The monoisotopic (exact) mass is 248 g/mol. The Bertz CT molecular complexity index is 402. The highest BCUT2D eigenvalue weighted by Gasteiger charge is 2.41. The topological polar surface area (TPSA) is 46.5 Å². The Labute approximate surface area is 108 Å². The van der Waals surface area contributed by atoms with Crippen LogP contribution in [0.2, 0.25) is 0 Å². The summed E-state index contributed by atoms with van der Waals surface area (Å²) >= 11 is 0. The highest BCUT2D eigenvalue weighted by Crippen LogP contribution is 2.40. The first-order valence-electron chi connectivity index (χ1n) is 6.66. The standard InChI is InChI=1S/C15H20O3/c1-2-18-13-8-6-12(7-9-13)15(14(16)17)10-4-3-5-11-15/h6-9H,2-5,10-11H2,1H3,(H,16,17). The van der Waals surface area contributed by atoms with Crippen LogP contribution in [-0.4, -0.2) is 17.7 Å². The molecule has 1 aromatic rings. The molecule has 1 aliphatic rings. The lowest BCUT2D eigenvalue weighted by Crippen LogP contribution is -2.37.